The number of piperidine rings is 1. The number of carbonyl (C=O) groups is 1. The van der Waals surface area contributed by atoms with Gasteiger partial charge in [0.2, 0.25) is 10.0 Å². The van der Waals surface area contributed by atoms with Gasteiger partial charge in [-0.05, 0) is 51.2 Å². The van der Waals surface area contributed by atoms with Crippen LogP contribution in [0.25, 0.3) is 5.52 Å². The lowest BCUT2D eigenvalue weighted by Crippen LogP contribution is -2.48. The number of fused-ring (bicyclic) bond motifs is 1. The van der Waals surface area contributed by atoms with Crippen LogP contribution in [-0.4, -0.2) is 98.5 Å². The monoisotopic (exact) mass is 433 g/mol. The predicted molar refractivity (Wildman–Crippen MR) is 119 cm³/mol. The van der Waals surface area contributed by atoms with Gasteiger partial charge in [-0.3, -0.25) is 4.79 Å². The van der Waals surface area contributed by atoms with Gasteiger partial charge < -0.3 is 19.1 Å². The topological polar surface area (TPSA) is 68.6 Å². The number of likely N-dealkylation sites (tertiary alicyclic amines) is 1. The molecule has 2 aliphatic heterocycles. The number of anilines is 1. The van der Waals surface area contributed by atoms with Gasteiger partial charge in [0.25, 0.3) is 5.91 Å². The molecule has 164 valence electrons. The van der Waals surface area contributed by atoms with Crippen molar-refractivity contribution in [1.29, 1.82) is 0 Å². The highest BCUT2D eigenvalue weighted by Crippen LogP contribution is 2.23. The fraction of sp³-hybridized carbons (Fsp3) is 0.571. The van der Waals surface area contributed by atoms with Crippen molar-refractivity contribution in [3.63, 3.8) is 0 Å². The molecule has 0 atom stereocenters. The Balaban J connectivity index is 1.50. The summed E-state index contributed by atoms with van der Waals surface area (Å²) in [4.78, 5) is 19.5. The second-order valence-electron chi connectivity index (χ2n) is 8.54. The van der Waals surface area contributed by atoms with Crippen molar-refractivity contribution in [3.05, 3.63) is 36.0 Å². The van der Waals surface area contributed by atoms with Crippen LogP contribution in [0.3, 0.4) is 0 Å². The predicted octanol–water partition coefficient (Wildman–Crippen LogP) is 1.19. The van der Waals surface area contributed by atoms with E-state index in [-0.39, 0.29) is 5.91 Å². The number of nitrogens with zero attached hydrogens (tertiary/aromatic N) is 5. The van der Waals surface area contributed by atoms with Crippen molar-refractivity contribution < 1.29 is 13.2 Å². The first kappa shape index (κ1) is 21.1. The molecule has 1 amide bonds. The molecule has 2 aromatic rings. The van der Waals surface area contributed by atoms with Gasteiger partial charge in [-0.1, -0.05) is 0 Å². The van der Waals surface area contributed by atoms with E-state index in [2.05, 4.69) is 28.3 Å². The van der Waals surface area contributed by atoms with Crippen LogP contribution in [0.5, 0.6) is 0 Å². The quantitative estimate of drug-likeness (QED) is 0.725. The minimum Gasteiger partial charge on any atom is -0.355 e. The van der Waals surface area contributed by atoms with Crippen LogP contribution in [0.4, 0.5) is 5.82 Å². The maximum Gasteiger partial charge on any atom is 0.255 e. The summed E-state index contributed by atoms with van der Waals surface area (Å²) in [6, 6.07) is 8.51. The smallest absolute Gasteiger partial charge is 0.255 e. The van der Waals surface area contributed by atoms with Gasteiger partial charge in [0.15, 0.2) is 0 Å². The molecule has 2 aromatic heterocycles. The van der Waals surface area contributed by atoms with E-state index in [1.165, 1.54) is 10.6 Å². The van der Waals surface area contributed by atoms with E-state index in [4.69, 9.17) is 0 Å². The zero-order valence-corrected chi connectivity index (χ0v) is 18.8. The van der Waals surface area contributed by atoms with E-state index in [1.807, 2.05) is 35.4 Å². The van der Waals surface area contributed by atoms with E-state index in [0.29, 0.717) is 37.8 Å². The lowest BCUT2D eigenvalue weighted by molar-refractivity contribution is 0.0663. The standard InChI is InChI=1S/C21H31N5O3S/c1-22(2)18-8-10-24(11-9-18)21(27)17-4-5-19-6-7-20(26(19)16-17)23-12-14-25(15-13-23)30(3,28)29/h4-7,16,18H,8-15H2,1-3H3. The van der Waals surface area contributed by atoms with Crippen LogP contribution in [0.1, 0.15) is 23.2 Å². The van der Waals surface area contributed by atoms with Crippen LogP contribution in [-0.2, 0) is 10.0 Å². The third-order valence-corrected chi connectivity index (χ3v) is 7.69. The molecular formula is C21H31N5O3S. The Morgan fingerprint density at radius 1 is 0.967 bits per heavy atom. The number of carbonyl (C=O) groups excluding carboxylic acids is 1. The molecule has 0 saturated carbocycles. The number of sulfonamides is 1. The maximum atomic E-state index is 13.1. The fourth-order valence-electron chi connectivity index (χ4n) is 4.49. The normalized spacial score (nSPS) is 19.7. The van der Waals surface area contributed by atoms with Crippen LogP contribution in [0, 0.1) is 0 Å². The fourth-order valence-corrected chi connectivity index (χ4v) is 5.31. The first-order valence-corrected chi connectivity index (χ1v) is 12.4. The summed E-state index contributed by atoms with van der Waals surface area (Å²) in [5.41, 5.74) is 1.72. The minimum atomic E-state index is -3.15. The molecule has 2 aliphatic rings. The van der Waals surface area contributed by atoms with Crippen LogP contribution in [0.15, 0.2) is 30.5 Å². The molecule has 0 N–H and O–H groups in total. The number of amides is 1. The third-order valence-electron chi connectivity index (χ3n) is 6.39. The Morgan fingerprint density at radius 2 is 1.60 bits per heavy atom. The highest BCUT2D eigenvalue weighted by molar-refractivity contribution is 7.88. The first-order valence-electron chi connectivity index (χ1n) is 10.5. The van der Waals surface area contributed by atoms with Crippen molar-refractivity contribution in [2.45, 2.75) is 18.9 Å². The van der Waals surface area contributed by atoms with Gasteiger partial charge in [0, 0.05) is 57.0 Å². The summed E-state index contributed by atoms with van der Waals surface area (Å²) in [6.45, 7) is 3.79. The van der Waals surface area contributed by atoms with E-state index < -0.39 is 10.0 Å². The van der Waals surface area contributed by atoms with E-state index in [0.717, 1.165) is 37.3 Å². The number of rotatable bonds is 4. The van der Waals surface area contributed by atoms with E-state index in [1.54, 1.807) is 0 Å². The highest BCUT2D eigenvalue weighted by atomic mass is 32.2. The van der Waals surface area contributed by atoms with Crippen molar-refractivity contribution in [3.8, 4) is 0 Å². The van der Waals surface area contributed by atoms with Crippen molar-refractivity contribution in [1.82, 2.24) is 18.5 Å². The SMILES string of the molecule is CN(C)C1CCN(C(=O)c2ccc3ccc(N4CCN(S(C)(=O)=O)CC4)n3c2)CC1. The molecular weight excluding hydrogens is 402 g/mol. The van der Waals surface area contributed by atoms with Gasteiger partial charge in [0.1, 0.15) is 5.82 Å². The summed E-state index contributed by atoms with van der Waals surface area (Å²) in [5, 5.41) is 0. The summed E-state index contributed by atoms with van der Waals surface area (Å²) in [5.74, 6) is 1.08. The molecule has 0 radical (unpaired) electrons. The Hall–Kier alpha value is -2.10. The molecule has 8 nitrogen and oxygen atoms in total. The van der Waals surface area contributed by atoms with Crippen LogP contribution >= 0.6 is 0 Å². The van der Waals surface area contributed by atoms with E-state index in [9.17, 15) is 13.2 Å². The van der Waals surface area contributed by atoms with Crippen molar-refractivity contribution in [2.75, 3.05) is 64.5 Å². The Morgan fingerprint density at radius 3 is 2.20 bits per heavy atom. The summed E-state index contributed by atoms with van der Waals surface area (Å²) >= 11 is 0. The number of piperazine rings is 1. The zero-order chi connectivity index (χ0) is 21.5. The number of hydrogen-bond acceptors (Lipinski definition) is 5. The number of hydrogen-bond donors (Lipinski definition) is 0. The molecule has 4 heterocycles. The van der Waals surface area contributed by atoms with Crippen molar-refractivity contribution in [2.24, 2.45) is 0 Å². The third kappa shape index (κ3) is 4.19. The zero-order valence-electron chi connectivity index (χ0n) is 18.0. The molecule has 30 heavy (non-hydrogen) atoms. The number of pyridine rings is 1. The lowest BCUT2D eigenvalue weighted by Gasteiger charge is -2.35. The molecule has 2 fully saturated rings. The van der Waals surface area contributed by atoms with Crippen LogP contribution in [0.2, 0.25) is 0 Å². The lowest BCUT2D eigenvalue weighted by atomic mass is 10.0. The maximum absolute atomic E-state index is 13.1. The Labute approximate surface area is 178 Å². The second-order valence-corrected chi connectivity index (χ2v) is 10.5. The first-order chi connectivity index (χ1) is 14.2. The molecule has 0 unspecified atom stereocenters. The Kier molecular flexibility index (Phi) is 5.78. The summed E-state index contributed by atoms with van der Waals surface area (Å²) in [6.07, 6.45) is 5.18. The average molecular weight is 434 g/mol. The van der Waals surface area contributed by atoms with Gasteiger partial charge in [-0.2, -0.15) is 4.31 Å². The molecule has 0 spiro atoms. The molecule has 0 bridgehead atoms. The molecule has 4 rings (SSSR count). The average Bonchev–Trinajstić information content (AvgIpc) is 3.16. The highest BCUT2D eigenvalue weighted by Gasteiger charge is 2.26. The Bertz CT molecular complexity index is 1020. The summed E-state index contributed by atoms with van der Waals surface area (Å²) < 4.78 is 27.1. The molecule has 0 aliphatic carbocycles. The van der Waals surface area contributed by atoms with E-state index >= 15 is 0 Å². The molecule has 2 saturated heterocycles. The minimum absolute atomic E-state index is 0.0793. The number of aromatic nitrogens is 1. The van der Waals surface area contributed by atoms with Crippen LogP contribution < -0.4 is 4.90 Å². The van der Waals surface area contributed by atoms with Gasteiger partial charge in [0.05, 0.1) is 11.8 Å². The second kappa shape index (κ2) is 8.20. The van der Waals surface area contributed by atoms with Gasteiger partial charge in [-0.15, -0.1) is 0 Å². The van der Waals surface area contributed by atoms with Gasteiger partial charge >= 0.3 is 0 Å². The largest absolute Gasteiger partial charge is 0.355 e. The summed E-state index contributed by atoms with van der Waals surface area (Å²) in [7, 11) is 1.04. The molecule has 0 aromatic carbocycles. The van der Waals surface area contributed by atoms with Gasteiger partial charge in [-0.25, -0.2) is 8.42 Å². The molecule has 9 heteroatoms. The van der Waals surface area contributed by atoms with Crippen molar-refractivity contribution >= 4 is 27.3 Å².